The molecule has 1 heterocycles. The zero-order valence-corrected chi connectivity index (χ0v) is 16.5. The number of aromatic nitrogens is 1. The van der Waals surface area contributed by atoms with Crippen LogP contribution in [-0.4, -0.2) is 16.8 Å². The average molecular weight is 387 g/mol. The van der Waals surface area contributed by atoms with Crippen molar-refractivity contribution in [3.63, 3.8) is 0 Å². The Kier molecular flexibility index (Phi) is 7.11. The molecular formula is C24H25N3O2. The van der Waals surface area contributed by atoms with Crippen LogP contribution in [0.2, 0.25) is 0 Å². The van der Waals surface area contributed by atoms with Crippen molar-refractivity contribution in [1.29, 1.82) is 0 Å². The van der Waals surface area contributed by atoms with E-state index in [0.717, 1.165) is 22.4 Å². The van der Waals surface area contributed by atoms with Crippen LogP contribution in [0.1, 0.15) is 30.0 Å². The summed E-state index contributed by atoms with van der Waals surface area (Å²) < 4.78 is 0. The molecule has 0 aliphatic rings. The Morgan fingerprint density at radius 2 is 1.62 bits per heavy atom. The Labute approximate surface area is 171 Å². The quantitative estimate of drug-likeness (QED) is 0.638. The maximum atomic E-state index is 12.5. The zero-order valence-electron chi connectivity index (χ0n) is 16.5. The van der Waals surface area contributed by atoms with E-state index in [9.17, 15) is 9.59 Å². The molecule has 0 aliphatic carbocycles. The first-order chi connectivity index (χ1) is 14.2. The fourth-order valence-electron chi connectivity index (χ4n) is 3.03. The molecule has 148 valence electrons. The third kappa shape index (κ3) is 6.01. The number of pyridine rings is 1. The summed E-state index contributed by atoms with van der Waals surface area (Å²) >= 11 is 0. The summed E-state index contributed by atoms with van der Waals surface area (Å²) in [5, 5.41) is 2.90. The molecule has 5 nitrogen and oxygen atoms in total. The maximum Gasteiger partial charge on any atom is 0.227 e. The van der Waals surface area contributed by atoms with E-state index < -0.39 is 0 Å². The molecule has 3 rings (SSSR count). The average Bonchev–Trinajstić information content (AvgIpc) is 2.77. The van der Waals surface area contributed by atoms with Gasteiger partial charge in [-0.2, -0.15) is 0 Å². The predicted octanol–water partition coefficient (Wildman–Crippen LogP) is 3.88. The number of nitrogens with zero attached hydrogens (tertiary/aromatic N) is 2. The van der Waals surface area contributed by atoms with Crippen molar-refractivity contribution in [1.82, 2.24) is 10.3 Å². The van der Waals surface area contributed by atoms with Gasteiger partial charge >= 0.3 is 0 Å². The van der Waals surface area contributed by atoms with Gasteiger partial charge in [-0.05, 0) is 34.9 Å². The second-order valence-corrected chi connectivity index (χ2v) is 6.80. The van der Waals surface area contributed by atoms with E-state index >= 15 is 0 Å². The lowest BCUT2D eigenvalue weighted by atomic mass is 10.1. The first-order valence-electron chi connectivity index (χ1n) is 9.74. The van der Waals surface area contributed by atoms with Crippen LogP contribution in [0.5, 0.6) is 0 Å². The second kappa shape index (κ2) is 10.2. The van der Waals surface area contributed by atoms with Gasteiger partial charge in [0, 0.05) is 31.0 Å². The highest BCUT2D eigenvalue weighted by Gasteiger charge is 2.15. The first-order valence-corrected chi connectivity index (χ1v) is 9.74. The highest BCUT2D eigenvalue weighted by Crippen LogP contribution is 2.20. The van der Waals surface area contributed by atoms with Crippen molar-refractivity contribution in [2.45, 2.75) is 32.9 Å². The predicted molar refractivity (Wildman–Crippen MR) is 114 cm³/mol. The van der Waals surface area contributed by atoms with Crippen molar-refractivity contribution in [2.75, 3.05) is 4.90 Å². The number of hydrogen-bond acceptors (Lipinski definition) is 3. The number of anilines is 1. The number of carbonyl (C=O) groups is 2. The monoisotopic (exact) mass is 387 g/mol. The third-order valence-electron chi connectivity index (χ3n) is 4.61. The van der Waals surface area contributed by atoms with Crippen LogP contribution in [0.3, 0.4) is 0 Å². The molecule has 0 unspecified atom stereocenters. The smallest absolute Gasteiger partial charge is 0.227 e. The molecule has 2 aromatic carbocycles. The molecule has 1 aromatic heterocycles. The molecule has 3 aromatic rings. The van der Waals surface area contributed by atoms with E-state index in [1.165, 1.54) is 0 Å². The van der Waals surface area contributed by atoms with Crippen LogP contribution in [-0.2, 0) is 29.1 Å². The van der Waals surface area contributed by atoms with Gasteiger partial charge in [-0.1, -0.05) is 55.5 Å². The molecule has 1 N–H and O–H groups in total. The van der Waals surface area contributed by atoms with E-state index in [2.05, 4.69) is 10.3 Å². The summed E-state index contributed by atoms with van der Waals surface area (Å²) in [7, 11) is 0. The van der Waals surface area contributed by atoms with E-state index in [0.29, 0.717) is 25.9 Å². The van der Waals surface area contributed by atoms with Gasteiger partial charge in [0.2, 0.25) is 11.8 Å². The molecule has 0 saturated heterocycles. The van der Waals surface area contributed by atoms with E-state index in [-0.39, 0.29) is 11.8 Å². The second-order valence-electron chi connectivity index (χ2n) is 6.80. The van der Waals surface area contributed by atoms with Crippen molar-refractivity contribution in [3.05, 3.63) is 95.8 Å². The number of carbonyl (C=O) groups excluding carboxylic acids is 2. The summed E-state index contributed by atoms with van der Waals surface area (Å²) in [5.41, 5.74) is 3.78. The molecule has 0 spiro atoms. The highest BCUT2D eigenvalue weighted by molar-refractivity contribution is 5.93. The highest BCUT2D eigenvalue weighted by atomic mass is 16.2. The number of nitrogens with one attached hydrogen (secondary N) is 1. The van der Waals surface area contributed by atoms with Crippen molar-refractivity contribution < 1.29 is 9.59 Å². The Morgan fingerprint density at radius 3 is 2.28 bits per heavy atom. The van der Waals surface area contributed by atoms with Crippen LogP contribution < -0.4 is 10.2 Å². The van der Waals surface area contributed by atoms with Crippen molar-refractivity contribution in [2.24, 2.45) is 0 Å². The van der Waals surface area contributed by atoms with Crippen molar-refractivity contribution >= 4 is 17.5 Å². The van der Waals surface area contributed by atoms with Gasteiger partial charge in [0.25, 0.3) is 0 Å². The van der Waals surface area contributed by atoms with Gasteiger partial charge in [0.1, 0.15) is 0 Å². The zero-order chi connectivity index (χ0) is 20.5. The minimum Gasteiger partial charge on any atom is -0.352 e. The summed E-state index contributed by atoms with van der Waals surface area (Å²) in [6, 6.07) is 21.3. The number of benzene rings is 2. The van der Waals surface area contributed by atoms with E-state index in [1.807, 2.05) is 73.7 Å². The van der Waals surface area contributed by atoms with Gasteiger partial charge in [0.05, 0.1) is 13.0 Å². The first kappa shape index (κ1) is 20.3. The Hall–Kier alpha value is -3.47. The Balaban J connectivity index is 1.62. The molecule has 5 heteroatoms. The summed E-state index contributed by atoms with van der Waals surface area (Å²) in [4.78, 5) is 30.5. The third-order valence-corrected chi connectivity index (χ3v) is 4.61. The van der Waals surface area contributed by atoms with Crippen molar-refractivity contribution in [3.8, 4) is 0 Å². The lowest BCUT2D eigenvalue weighted by Crippen LogP contribution is -2.29. The number of rotatable bonds is 8. The topological polar surface area (TPSA) is 62.3 Å². The summed E-state index contributed by atoms with van der Waals surface area (Å²) in [6.07, 6.45) is 4.17. The lowest BCUT2D eigenvalue weighted by Gasteiger charge is -2.23. The molecule has 29 heavy (non-hydrogen) atoms. The number of hydrogen-bond donors (Lipinski definition) is 1. The minimum atomic E-state index is -0.0487. The molecular weight excluding hydrogens is 362 g/mol. The largest absolute Gasteiger partial charge is 0.352 e. The van der Waals surface area contributed by atoms with Gasteiger partial charge in [-0.15, -0.1) is 0 Å². The van der Waals surface area contributed by atoms with Gasteiger partial charge < -0.3 is 10.2 Å². The molecule has 0 atom stereocenters. The van der Waals surface area contributed by atoms with Crippen LogP contribution in [0, 0.1) is 0 Å². The van der Waals surface area contributed by atoms with E-state index in [1.54, 1.807) is 17.3 Å². The van der Waals surface area contributed by atoms with Crippen LogP contribution in [0.4, 0.5) is 5.69 Å². The fraction of sp³-hybridized carbons (Fsp3) is 0.208. The van der Waals surface area contributed by atoms with Gasteiger partial charge in [0.15, 0.2) is 0 Å². The van der Waals surface area contributed by atoms with Crippen LogP contribution in [0.25, 0.3) is 0 Å². The molecule has 0 fully saturated rings. The maximum absolute atomic E-state index is 12.5. The Bertz CT molecular complexity index is 925. The summed E-state index contributed by atoms with van der Waals surface area (Å²) in [6.45, 7) is 2.85. The normalized spacial score (nSPS) is 10.4. The van der Waals surface area contributed by atoms with Crippen LogP contribution >= 0.6 is 0 Å². The fourth-order valence-corrected chi connectivity index (χ4v) is 3.03. The van der Waals surface area contributed by atoms with Gasteiger partial charge in [-0.25, -0.2) is 0 Å². The van der Waals surface area contributed by atoms with Gasteiger partial charge in [-0.3, -0.25) is 14.6 Å². The molecule has 2 amide bonds. The van der Waals surface area contributed by atoms with E-state index in [4.69, 9.17) is 0 Å². The standard InChI is InChI=1S/C24H25N3O2/c1-2-24(29)27(18-20-7-4-3-5-8-20)22-12-10-19(11-13-22)15-23(28)26-17-21-9-6-14-25-16-21/h3-14,16H,2,15,17-18H2,1H3,(H,26,28). The number of amides is 2. The lowest BCUT2D eigenvalue weighted by molar-refractivity contribution is -0.120. The summed E-state index contributed by atoms with van der Waals surface area (Å²) in [5.74, 6) is 0.0168. The molecule has 0 bridgehead atoms. The minimum absolute atomic E-state index is 0.0487. The molecule has 0 saturated carbocycles. The molecule has 0 radical (unpaired) electrons. The SMILES string of the molecule is CCC(=O)N(Cc1ccccc1)c1ccc(CC(=O)NCc2cccnc2)cc1. The van der Waals surface area contributed by atoms with Crippen LogP contribution in [0.15, 0.2) is 79.1 Å². The Morgan fingerprint density at radius 1 is 0.897 bits per heavy atom. The molecule has 0 aliphatic heterocycles.